The molecule has 0 spiro atoms. The highest BCUT2D eigenvalue weighted by Crippen LogP contribution is 2.29. The van der Waals surface area contributed by atoms with E-state index in [4.69, 9.17) is 0 Å². The quantitative estimate of drug-likeness (QED) is 0.502. The van der Waals surface area contributed by atoms with Gasteiger partial charge in [-0.1, -0.05) is 6.42 Å². The van der Waals surface area contributed by atoms with E-state index in [1.165, 1.54) is 0 Å². The van der Waals surface area contributed by atoms with Gasteiger partial charge in [0.05, 0.1) is 13.1 Å². The SMILES string of the molecule is O=C=NC[C@H]1CCC[C@H](CN=C=O)C1. The molecule has 0 bridgehead atoms. The highest BCUT2D eigenvalue weighted by Gasteiger charge is 2.21. The third-order valence-corrected chi connectivity index (χ3v) is 2.72. The number of nitrogens with zero attached hydrogens (tertiary/aromatic N) is 2. The van der Waals surface area contributed by atoms with E-state index in [9.17, 15) is 9.59 Å². The highest BCUT2D eigenvalue weighted by molar-refractivity contribution is 5.33. The number of hydrogen-bond donors (Lipinski definition) is 0. The Morgan fingerprint density at radius 3 is 1.93 bits per heavy atom. The lowest BCUT2D eigenvalue weighted by molar-refractivity contribution is 0.278. The third-order valence-electron chi connectivity index (χ3n) is 2.72. The number of hydrogen-bond acceptors (Lipinski definition) is 4. The summed E-state index contributed by atoms with van der Waals surface area (Å²) in [6.07, 6.45) is 7.51. The van der Waals surface area contributed by atoms with Gasteiger partial charge in [-0.05, 0) is 31.1 Å². The Kier molecular flexibility index (Phi) is 4.84. The Bertz CT molecular complexity index is 239. The molecule has 1 fully saturated rings. The summed E-state index contributed by atoms with van der Waals surface area (Å²) < 4.78 is 0. The lowest BCUT2D eigenvalue weighted by atomic mass is 9.81. The van der Waals surface area contributed by atoms with Gasteiger partial charge in [0.15, 0.2) is 0 Å². The van der Waals surface area contributed by atoms with Gasteiger partial charge in [-0.15, -0.1) is 0 Å². The topological polar surface area (TPSA) is 58.9 Å². The molecule has 0 aliphatic heterocycles. The first-order valence-electron chi connectivity index (χ1n) is 4.94. The van der Waals surface area contributed by atoms with Crippen LogP contribution < -0.4 is 0 Å². The molecular formula is C10H14N2O2. The molecule has 14 heavy (non-hydrogen) atoms. The smallest absolute Gasteiger partial charge is 0.211 e. The van der Waals surface area contributed by atoms with E-state index >= 15 is 0 Å². The molecule has 0 aromatic carbocycles. The molecule has 0 radical (unpaired) electrons. The van der Waals surface area contributed by atoms with Crippen LogP contribution in [0.5, 0.6) is 0 Å². The van der Waals surface area contributed by atoms with E-state index in [1.807, 2.05) is 0 Å². The van der Waals surface area contributed by atoms with E-state index in [2.05, 4.69) is 9.98 Å². The first kappa shape index (κ1) is 10.8. The average Bonchev–Trinajstić information content (AvgIpc) is 2.24. The lowest BCUT2D eigenvalue weighted by Gasteiger charge is -2.26. The van der Waals surface area contributed by atoms with Crippen molar-refractivity contribution in [2.24, 2.45) is 21.8 Å². The maximum atomic E-state index is 9.94. The minimum absolute atomic E-state index is 0.469. The van der Waals surface area contributed by atoms with Crippen molar-refractivity contribution in [3.05, 3.63) is 0 Å². The summed E-state index contributed by atoms with van der Waals surface area (Å²) >= 11 is 0. The van der Waals surface area contributed by atoms with Crippen molar-refractivity contribution >= 4 is 12.2 Å². The second-order valence-corrected chi connectivity index (χ2v) is 3.76. The van der Waals surface area contributed by atoms with Gasteiger partial charge in [0, 0.05) is 0 Å². The van der Waals surface area contributed by atoms with Crippen LogP contribution in [-0.4, -0.2) is 25.2 Å². The molecule has 0 N–H and O–H groups in total. The summed E-state index contributed by atoms with van der Waals surface area (Å²) in [4.78, 5) is 27.1. The Hall–Kier alpha value is -1.24. The maximum absolute atomic E-state index is 9.94. The summed E-state index contributed by atoms with van der Waals surface area (Å²) in [6.45, 7) is 1.15. The van der Waals surface area contributed by atoms with E-state index < -0.39 is 0 Å². The van der Waals surface area contributed by atoms with E-state index in [-0.39, 0.29) is 0 Å². The second kappa shape index (κ2) is 6.25. The molecule has 0 unspecified atom stereocenters. The average molecular weight is 194 g/mol. The molecule has 1 rings (SSSR count). The van der Waals surface area contributed by atoms with Crippen molar-refractivity contribution in [2.45, 2.75) is 25.7 Å². The molecule has 0 aromatic heterocycles. The normalized spacial score (nSPS) is 26.0. The third kappa shape index (κ3) is 3.65. The van der Waals surface area contributed by atoms with Crippen LogP contribution in [0.2, 0.25) is 0 Å². The van der Waals surface area contributed by atoms with Gasteiger partial charge in [0.2, 0.25) is 12.2 Å². The van der Waals surface area contributed by atoms with Crippen molar-refractivity contribution in [3.63, 3.8) is 0 Å². The first-order chi connectivity index (χ1) is 6.86. The van der Waals surface area contributed by atoms with Crippen LogP contribution in [0.15, 0.2) is 9.98 Å². The highest BCUT2D eigenvalue weighted by atomic mass is 16.1. The van der Waals surface area contributed by atoms with Gasteiger partial charge in [-0.3, -0.25) is 0 Å². The van der Waals surface area contributed by atoms with Crippen molar-refractivity contribution in [3.8, 4) is 0 Å². The molecule has 4 nitrogen and oxygen atoms in total. The van der Waals surface area contributed by atoms with E-state index in [0.29, 0.717) is 24.9 Å². The van der Waals surface area contributed by atoms with Crippen LogP contribution in [0.25, 0.3) is 0 Å². The second-order valence-electron chi connectivity index (χ2n) is 3.76. The monoisotopic (exact) mass is 194 g/mol. The van der Waals surface area contributed by atoms with Crippen molar-refractivity contribution < 1.29 is 9.59 Å². The van der Waals surface area contributed by atoms with Gasteiger partial charge < -0.3 is 0 Å². The van der Waals surface area contributed by atoms with Gasteiger partial charge >= 0.3 is 0 Å². The van der Waals surface area contributed by atoms with Gasteiger partial charge in [-0.25, -0.2) is 19.6 Å². The summed E-state index contributed by atoms with van der Waals surface area (Å²) in [6, 6.07) is 0. The number of carbonyl (C=O) groups excluding carboxylic acids is 2. The van der Waals surface area contributed by atoms with Gasteiger partial charge in [0.1, 0.15) is 0 Å². The lowest BCUT2D eigenvalue weighted by Crippen LogP contribution is -2.19. The Labute approximate surface area is 83.1 Å². The Morgan fingerprint density at radius 2 is 1.50 bits per heavy atom. The molecule has 1 saturated carbocycles. The molecule has 1 aliphatic carbocycles. The maximum Gasteiger partial charge on any atom is 0.234 e. The fourth-order valence-corrected chi connectivity index (χ4v) is 2.07. The van der Waals surface area contributed by atoms with Crippen LogP contribution in [-0.2, 0) is 9.59 Å². The molecule has 4 heteroatoms. The molecular weight excluding hydrogens is 180 g/mol. The van der Waals surface area contributed by atoms with Crippen LogP contribution >= 0.6 is 0 Å². The number of aliphatic imine (C=N–C) groups is 2. The van der Waals surface area contributed by atoms with E-state index in [1.54, 1.807) is 12.2 Å². The van der Waals surface area contributed by atoms with Crippen LogP contribution in [0.3, 0.4) is 0 Å². The fourth-order valence-electron chi connectivity index (χ4n) is 2.07. The molecule has 0 saturated heterocycles. The molecule has 76 valence electrons. The summed E-state index contributed by atoms with van der Waals surface area (Å²) in [5, 5.41) is 0. The van der Waals surface area contributed by atoms with Crippen LogP contribution in [0.4, 0.5) is 0 Å². The first-order valence-corrected chi connectivity index (χ1v) is 4.94. The Balaban J connectivity index is 2.34. The largest absolute Gasteiger partial charge is 0.234 e. The Morgan fingerprint density at radius 1 is 1.00 bits per heavy atom. The van der Waals surface area contributed by atoms with Gasteiger partial charge in [-0.2, -0.15) is 0 Å². The minimum Gasteiger partial charge on any atom is -0.211 e. The van der Waals surface area contributed by atoms with Crippen LogP contribution in [0, 0.1) is 11.8 Å². The summed E-state index contributed by atoms with van der Waals surface area (Å²) in [5.74, 6) is 0.939. The zero-order valence-corrected chi connectivity index (χ0v) is 8.11. The number of rotatable bonds is 4. The molecule has 2 atom stereocenters. The summed E-state index contributed by atoms with van der Waals surface area (Å²) in [5.41, 5.74) is 0. The number of isocyanates is 2. The predicted molar refractivity (Wildman–Crippen MR) is 51.4 cm³/mol. The van der Waals surface area contributed by atoms with Crippen molar-refractivity contribution in [1.82, 2.24) is 0 Å². The zero-order valence-electron chi connectivity index (χ0n) is 8.11. The van der Waals surface area contributed by atoms with Crippen LogP contribution in [0.1, 0.15) is 25.7 Å². The summed E-state index contributed by atoms with van der Waals surface area (Å²) in [7, 11) is 0. The molecule has 0 amide bonds. The molecule has 0 heterocycles. The molecule has 1 aliphatic rings. The van der Waals surface area contributed by atoms with Gasteiger partial charge in [0.25, 0.3) is 0 Å². The zero-order chi connectivity index (χ0) is 10.2. The minimum atomic E-state index is 0.469. The predicted octanol–water partition coefficient (Wildman–Crippen LogP) is 1.46. The standard InChI is InChI=1S/C10H14N2O2/c13-7-11-5-9-2-1-3-10(4-9)6-12-8-14/h9-10H,1-6H2/t9-,10-/m0/s1. The van der Waals surface area contributed by atoms with E-state index in [0.717, 1.165) is 25.7 Å². The van der Waals surface area contributed by atoms with Crippen molar-refractivity contribution in [1.29, 1.82) is 0 Å². The fraction of sp³-hybridized carbons (Fsp3) is 0.800. The van der Waals surface area contributed by atoms with Crippen molar-refractivity contribution in [2.75, 3.05) is 13.1 Å². The molecule has 0 aromatic rings.